The van der Waals surface area contributed by atoms with Gasteiger partial charge < -0.3 is 34.2 Å². The number of carbonyl (C=O) groups excluding carboxylic acids is 3. The third-order valence-corrected chi connectivity index (χ3v) is 16.7. The molecular formula is C77H130O16P2. The van der Waals surface area contributed by atoms with Crippen LogP contribution in [0.1, 0.15) is 278 Å². The summed E-state index contributed by atoms with van der Waals surface area (Å²) in [6.45, 7) is 2.41. The first kappa shape index (κ1) is 90.7. The zero-order valence-corrected chi connectivity index (χ0v) is 60.8. The average molecular weight is 1370 g/mol. The molecule has 0 saturated heterocycles. The zero-order valence-electron chi connectivity index (χ0n) is 59.0. The third kappa shape index (κ3) is 70.8. The highest BCUT2D eigenvalue weighted by molar-refractivity contribution is 7.47. The highest BCUT2D eigenvalue weighted by Gasteiger charge is 2.29. The van der Waals surface area contributed by atoms with Crippen molar-refractivity contribution in [1.82, 2.24) is 0 Å². The molecule has 0 aliphatic heterocycles. The van der Waals surface area contributed by atoms with Crippen molar-refractivity contribution in [3.63, 3.8) is 0 Å². The van der Waals surface area contributed by atoms with Crippen LogP contribution in [0.2, 0.25) is 0 Å². The fourth-order valence-corrected chi connectivity index (χ4v) is 10.8. The standard InChI is InChI=1S/C77H130O16P2/c1-4-7-10-13-16-19-22-25-27-29-31-33-34-35-36-38-40-41-43-46-48-51-54-57-60-63-75(80)87-66-72(78)67-89-94(83,84)90-68-73(79)69-91-95(85,86)92-71-74(93-77(82)65-62-59-56-53-50-45-24-21-18-15-12-9-6-3)70-88-76(81)64-61-58-55-52-49-47-44-42-39-37-32-30-28-26-23-20-17-14-11-8-5-2/h7,10,12,15-17,19-21,24-28,31-33,35-37,42,44,72-74,78-79H,4-6,8-9,11,13-14,18,22-23,29-30,34,38-41,43,45-71H2,1-3H3,(H,83,84)(H,85,86)/b10-7-,15-12-,19-16-,20-17-,24-21-,27-25-,28-26-,33-31-,36-35-,37-32-,44-42-. The van der Waals surface area contributed by atoms with Gasteiger partial charge in [-0.3, -0.25) is 32.5 Å². The van der Waals surface area contributed by atoms with Crippen molar-refractivity contribution in [3.8, 4) is 0 Å². The van der Waals surface area contributed by atoms with Gasteiger partial charge in [-0.2, -0.15) is 0 Å². The number of rotatable bonds is 68. The average Bonchev–Trinajstić information content (AvgIpc) is 1.81. The highest BCUT2D eigenvalue weighted by Crippen LogP contribution is 2.45. The molecule has 0 aromatic carbocycles. The van der Waals surface area contributed by atoms with Gasteiger partial charge in [-0.15, -0.1) is 0 Å². The third-order valence-electron chi connectivity index (χ3n) is 14.8. The summed E-state index contributed by atoms with van der Waals surface area (Å²) >= 11 is 0. The van der Waals surface area contributed by atoms with Crippen LogP contribution in [0.5, 0.6) is 0 Å². The minimum atomic E-state index is -4.94. The summed E-state index contributed by atoms with van der Waals surface area (Å²) in [7, 11) is -9.80. The van der Waals surface area contributed by atoms with Crippen molar-refractivity contribution in [1.29, 1.82) is 0 Å². The first-order valence-electron chi connectivity index (χ1n) is 36.5. The van der Waals surface area contributed by atoms with E-state index in [1.165, 1.54) is 51.4 Å². The van der Waals surface area contributed by atoms with E-state index in [4.69, 9.17) is 32.3 Å². The van der Waals surface area contributed by atoms with E-state index < -0.39 is 91.5 Å². The normalized spacial score (nSPS) is 14.9. The lowest BCUT2D eigenvalue weighted by atomic mass is 10.1. The Bertz CT molecular complexity index is 2260. The molecule has 16 nitrogen and oxygen atoms in total. The maximum atomic E-state index is 12.9. The van der Waals surface area contributed by atoms with Crippen molar-refractivity contribution in [3.05, 3.63) is 134 Å². The molecule has 544 valence electrons. The number of phosphoric ester groups is 2. The van der Waals surface area contributed by atoms with Gasteiger partial charge in [0, 0.05) is 19.3 Å². The number of aliphatic hydroxyl groups is 2. The van der Waals surface area contributed by atoms with Gasteiger partial charge in [0.2, 0.25) is 0 Å². The van der Waals surface area contributed by atoms with Crippen LogP contribution in [-0.2, 0) is 55.8 Å². The van der Waals surface area contributed by atoms with E-state index in [1.54, 1.807) is 0 Å². The van der Waals surface area contributed by atoms with E-state index in [1.807, 2.05) is 0 Å². The Balaban J connectivity index is 4.60. The summed E-state index contributed by atoms with van der Waals surface area (Å²) in [5.74, 6) is -1.62. The number of hydrogen-bond donors (Lipinski definition) is 4. The monoisotopic (exact) mass is 1370 g/mol. The Hall–Kier alpha value is -4.31. The summed E-state index contributed by atoms with van der Waals surface area (Å²) in [4.78, 5) is 58.5. The Morgan fingerprint density at radius 3 is 0.926 bits per heavy atom. The lowest BCUT2D eigenvalue weighted by molar-refractivity contribution is -0.161. The number of ether oxygens (including phenoxy) is 3. The second-order valence-electron chi connectivity index (χ2n) is 24.0. The predicted molar refractivity (Wildman–Crippen MR) is 390 cm³/mol. The summed E-state index contributed by atoms with van der Waals surface area (Å²) in [6.07, 6.45) is 82.1. The van der Waals surface area contributed by atoms with Crippen molar-refractivity contribution in [2.24, 2.45) is 0 Å². The molecule has 0 bridgehead atoms. The lowest BCUT2D eigenvalue weighted by Gasteiger charge is -2.21. The van der Waals surface area contributed by atoms with Crippen LogP contribution in [-0.4, -0.2) is 95.9 Å². The molecule has 5 atom stereocenters. The van der Waals surface area contributed by atoms with Crippen LogP contribution in [0.25, 0.3) is 0 Å². The molecule has 0 aliphatic rings. The van der Waals surface area contributed by atoms with Gasteiger partial charge in [-0.1, -0.05) is 257 Å². The number of carbonyl (C=O) groups is 3. The SMILES string of the molecule is CC/C=C\C/C=C\C/C=C\C/C=C\C/C=C\CCCCCCCCCCCC(=O)OCC(O)COP(=O)(O)OCC(O)COP(=O)(O)OCC(COC(=O)CCCCCCC/C=C\C/C=C\C/C=C\C/C=C\CCCCC)OC(=O)CCCCCCC/C=C\C/C=C\CCC. The van der Waals surface area contributed by atoms with Crippen molar-refractivity contribution in [2.75, 3.05) is 39.6 Å². The van der Waals surface area contributed by atoms with Crippen LogP contribution in [0.3, 0.4) is 0 Å². The van der Waals surface area contributed by atoms with Crippen molar-refractivity contribution < 1.29 is 75.8 Å². The molecule has 0 fully saturated rings. The fourth-order valence-electron chi connectivity index (χ4n) is 9.26. The number of unbranched alkanes of at least 4 members (excludes halogenated alkanes) is 23. The summed E-state index contributed by atoms with van der Waals surface area (Å²) < 4.78 is 60.9. The first-order valence-corrected chi connectivity index (χ1v) is 39.5. The van der Waals surface area contributed by atoms with Gasteiger partial charge in [0.15, 0.2) is 6.10 Å². The molecule has 0 amide bonds. The topological polar surface area (TPSA) is 231 Å². The highest BCUT2D eigenvalue weighted by atomic mass is 31.2. The van der Waals surface area contributed by atoms with Crippen molar-refractivity contribution >= 4 is 33.6 Å². The quantitative estimate of drug-likeness (QED) is 0.0146. The van der Waals surface area contributed by atoms with Crippen LogP contribution < -0.4 is 0 Å². The van der Waals surface area contributed by atoms with Crippen LogP contribution >= 0.6 is 15.6 Å². The van der Waals surface area contributed by atoms with Gasteiger partial charge in [0.25, 0.3) is 0 Å². The van der Waals surface area contributed by atoms with Crippen LogP contribution in [0.4, 0.5) is 0 Å². The molecule has 95 heavy (non-hydrogen) atoms. The predicted octanol–water partition coefficient (Wildman–Crippen LogP) is 20.8. The Labute approximate surface area is 575 Å². The molecule has 0 rings (SSSR count). The van der Waals surface area contributed by atoms with Crippen molar-refractivity contribution in [2.45, 2.75) is 296 Å². The number of esters is 3. The first-order chi connectivity index (χ1) is 46.2. The molecule has 0 radical (unpaired) electrons. The number of phosphoric acid groups is 2. The number of aliphatic hydroxyl groups excluding tert-OH is 2. The zero-order chi connectivity index (χ0) is 69.5. The number of hydrogen-bond acceptors (Lipinski definition) is 14. The Kier molecular flexibility index (Phi) is 66.4. The molecule has 0 spiro atoms. The van der Waals surface area contributed by atoms with Crippen LogP contribution in [0, 0.1) is 0 Å². The van der Waals surface area contributed by atoms with Gasteiger partial charge in [-0.05, 0) is 135 Å². The minimum Gasteiger partial charge on any atom is -0.463 e. The molecule has 4 N–H and O–H groups in total. The second kappa shape index (κ2) is 69.6. The van der Waals surface area contributed by atoms with E-state index in [0.29, 0.717) is 19.3 Å². The van der Waals surface area contributed by atoms with E-state index in [2.05, 4.69) is 154 Å². The summed E-state index contributed by atoms with van der Waals surface area (Å²) in [5, 5.41) is 20.6. The largest absolute Gasteiger partial charge is 0.472 e. The van der Waals surface area contributed by atoms with Gasteiger partial charge in [0.05, 0.1) is 26.4 Å². The molecule has 5 unspecified atom stereocenters. The van der Waals surface area contributed by atoms with Gasteiger partial charge >= 0.3 is 33.6 Å². The summed E-state index contributed by atoms with van der Waals surface area (Å²) in [6, 6.07) is 0. The Morgan fingerprint density at radius 1 is 0.305 bits per heavy atom. The van der Waals surface area contributed by atoms with E-state index in [0.717, 1.165) is 167 Å². The molecule has 18 heteroatoms. The fraction of sp³-hybridized carbons (Fsp3) is 0.675. The molecule has 0 aromatic heterocycles. The van der Waals surface area contributed by atoms with Gasteiger partial charge in [-0.25, -0.2) is 9.13 Å². The summed E-state index contributed by atoms with van der Waals surface area (Å²) in [5.41, 5.74) is 0. The van der Waals surface area contributed by atoms with E-state index in [9.17, 15) is 43.5 Å². The smallest absolute Gasteiger partial charge is 0.463 e. The molecule has 0 aliphatic carbocycles. The van der Waals surface area contributed by atoms with E-state index >= 15 is 0 Å². The van der Waals surface area contributed by atoms with Gasteiger partial charge in [0.1, 0.15) is 25.4 Å². The minimum absolute atomic E-state index is 0.0806. The molecular weight excluding hydrogens is 1240 g/mol. The molecule has 0 heterocycles. The van der Waals surface area contributed by atoms with Crippen LogP contribution in [0.15, 0.2) is 134 Å². The lowest BCUT2D eigenvalue weighted by Crippen LogP contribution is -2.30. The maximum absolute atomic E-state index is 12.9. The Morgan fingerprint density at radius 2 is 0.579 bits per heavy atom. The molecule has 0 aromatic rings. The number of allylic oxidation sites excluding steroid dienone is 22. The second-order valence-corrected chi connectivity index (χ2v) is 26.9. The van der Waals surface area contributed by atoms with E-state index in [-0.39, 0.29) is 19.3 Å². The molecule has 0 saturated carbocycles. The maximum Gasteiger partial charge on any atom is 0.472 e.